The fourth-order valence-corrected chi connectivity index (χ4v) is 5.15. The molecule has 1 atom stereocenters. The van der Waals surface area contributed by atoms with Crippen LogP contribution in [0.1, 0.15) is 6.42 Å². The van der Waals surface area contributed by atoms with E-state index in [9.17, 15) is 0 Å². The molecule has 2 fully saturated rings. The molecule has 1 aromatic carbocycles. The molecule has 194 valence electrons. The van der Waals surface area contributed by atoms with E-state index in [1.54, 1.807) is 13.3 Å². The Bertz CT molecular complexity index is 1130. The Morgan fingerprint density at radius 2 is 1.89 bits per heavy atom. The first-order valence-electron chi connectivity index (χ1n) is 12.7. The van der Waals surface area contributed by atoms with Crippen molar-refractivity contribution in [1.29, 1.82) is 0 Å². The molecule has 2 aliphatic heterocycles. The summed E-state index contributed by atoms with van der Waals surface area (Å²) in [6.45, 7) is 9.21. The molecule has 36 heavy (non-hydrogen) atoms. The van der Waals surface area contributed by atoms with Crippen LogP contribution < -0.4 is 10.2 Å². The third kappa shape index (κ3) is 5.92. The molecular formula is C26H36ClN7O2. The van der Waals surface area contributed by atoms with Crippen LogP contribution in [0, 0.1) is 0 Å². The lowest BCUT2D eigenvalue weighted by Gasteiger charge is -2.36. The van der Waals surface area contributed by atoms with Crippen LogP contribution in [-0.4, -0.2) is 111 Å². The van der Waals surface area contributed by atoms with E-state index < -0.39 is 0 Å². The second kappa shape index (κ2) is 11.7. The predicted octanol–water partition coefficient (Wildman–Crippen LogP) is 3.18. The fourth-order valence-electron chi connectivity index (χ4n) is 4.96. The number of halogens is 1. The zero-order valence-electron chi connectivity index (χ0n) is 21.2. The minimum atomic E-state index is 0.362. The number of hydrogen-bond acceptors (Lipinski definition) is 8. The maximum atomic E-state index is 6.53. The highest BCUT2D eigenvalue weighted by Gasteiger charge is 2.22. The number of hydrogen-bond donors (Lipinski definition) is 2. The summed E-state index contributed by atoms with van der Waals surface area (Å²) >= 11 is 6.53. The van der Waals surface area contributed by atoms with Gasteiger partial charge in [-0.25, -0.2) is 9.97 Å². The van der Waals surface area contributed by atoms with Gasteiger partial charge in [-0.15, -0.1) is 0 Å². The van der Waals surface area contributed by atoms with Gasteiger partial charge in [0.25, 0.3) is 0 Å². The number of H-pyrrole nitrogens is 1. The van der Waals surface area contributed by atoms with Crippen molar-refractivity contribution in [3.63, 3.8) is 0 Å². The van der Waals surface area contributed by atoms with Crippen LogP contribution in [0.5, 0.6) is 0 Å². The Morgan fingerprint density at radius 1 is 1.08 bits per heavy atom. The van der Waals surface area contributed by atoms with Crippen LogP contribution in [0.2, 0.25) is 5.02 Å². The number of likely N-dealkylation sites (tertiary alicyclic amines) is 1. The zero-order chi connectivity index (χ0) is 24.9. The second-order valence-corrected chi connectivity index (χ2v) is 10.0. The van der Waals surface area contributed by atoms with Crippen molar-refractivity contribution in [3.8, 4) is 11.4 Å². The number of likely N-dealkylation sites (N-methyl/N-ethyl adjacent to an activating group) is 1. The minimum Gasteiger partial charge on any atom is -0.382 e. The van der Waals surface area contributed by atoms with Gasteiger partial charge in [0, 0.05) is 63.7 Å². The number of methoxy groups -OCH3 is 1. The molecule has 9 nitrogen and oxygen atoms in total. The van der Waals surface area contributed by atoms with E-state index in [0.717, 1.165) is 87.1 Å². The molecule has 5 rings (SSSR count). The first-order chi connectivity index (χ1) is 17.6. The van der Waals surface area contributed by atoms with Crippen molar-refractivity contribution in [1.82, 2.24) is 24.8 Å². The third-order valence-corrected chi connectivity index (χ3v) is 7.36. The molecule has 0 bridgehead atoms. The normalized spacial score (nSPS) is 19.4. The molecule has 0 aliphatic carbocycles. The van der Waals surface area contributed by atoms with Crippen LogP contribution in [0.25, 0.3) is 22.6 Å². The topological polar surface area (TPSA) is 81.8 Å². The molecule has 0 spiro atoms. The van der Waals surface area contributed by atoms with Crippen molar-refractivity contribution in [2.45, 2.75) is 12.5 Å². The quantitative estimate of drug-likeness (QED) is 0.400. The van der Waals surface area contributed by atoms with E-state index in [-0.39, 0.29) is 0 Å². The highest BCUT2D eigenvalue weighted by molar-refractivity contribution is 6.34. The van der Waals surface area contributed by atoms with E-state index in [2.05, 4.69) is 61.3 Å². The Labute approximate surface area is 217 Å². The number of nitrogens with one attached hydrogen (secondary N) is 2. The average molecular weight is 514 g/mol. The number of imidazole rings is 1. The van der Waals surface area contributed by atoms with E-state index >= 15 is 0 Å². The van der Waals surface area contributed by atoms with E-state index in [1.165, 1.54) is 5.69 Å². The lowest BCUT2D eigenvalue weighted by molar-refractivity contribution is 0.0563. The van der Waals surface area contributed by atoms with Crippen molar-refractivity contribution in [2.24, 2.45) is 0 Å². The summed E-state index contributed by atoms with van der Waals surface area (Å²) in [7, 11) is 3.84. The minimum absolute atomic E-state index is 0.362. The highest BCUT2D eigenvalue weighted by Crippen LogP contribution is 2.32. The Balaban J connectivity index is 1.21. The van der Waals surface area contributed by atoms with Gasteiger partial charge in [-0.3, -0.25) is 4.90 Å². The summed E-state index contributed by atoms with van der Waals surface area (Å²) in [5.74, 6) is 0.802. The maximum absolute atomic E-state index is 6.53. The summed E-state index contributed by atoms with van der Waals surface area (Å²) in [6, 6.07) is 8.98. The third-order valence-electron chi connectivity index (χ3n) is 7.07. The molecule has 4 heterocycles. The summed E-state index contributed by atoms with van der Waals surface area (Å²) in [5, 5.41) is 4.21. The van der Waals surface area contributed by atoms with Crippen LogP contribution in [-0.2, 0) is 9.47 Å². The molecule has 10 heteroatoms. The van der Waals surface area contributed by atoms with Crippen LogP contribution in [0.4, 0.5) is 11.4 Å². The summed E-state index contributed by atoms with van der Waals surface area (Å²) in [6.07, 6.45) is 2.78. The molecule has 0 amide bonds. The average Bonchev–Trinajstić information content (AvgIpc) is 3.52. The van der Waals surface area contributed by atoms with E-state index in [4.69, 9.17) is 26.1 Å². The molecule has 0 saturated carbocycles. The van der Waals surface area contributed by atoms with Crippen LogP contribution in [0.3, 0.4) is 0 Å². The van der Waals surface area contributed by atoms with Gasteiger partial charge >= 0.3 is 0 Å². The number of benzene rings is 1. The number of nitrogens with zero attached hydrogens (tertiary/aromatic N) is 5. The summed E-state index contributed by atoms with van der Waals surface area (Å²) in [4.78, 5) is 20.0. The molecule has 2 aromatic heterocycles. The van der Waals surface area contributed by atoms with Gasteiger partial charge in [-0.05, 0) is 44.3 Å². The van der Waals surface area contributed by atoms with Crippen molar-refractivity contribution >= 4 is 34.1 Å². The van der Waals surface area contributed by atoms with Gasteiger partial charge in [0.1, 0.15) is 11.3 Å². The molecule has 2 saturated heterocycles. The smallest absolute Gasteiger partial charge is 0.159 e. The molecule has 3 aromatic rings. The molecule has 2 aliphatic rings. The number of fused-ring (bicyclic) bond motifs is 1. The van der Waals surface area contributed by atoms with Crippen molar-refractivity contribution < 1.29 is 9.47 Å². The van der Waals surface area contributed by atoms with Crippen molar-refractivity contribution in [2.75, 3.05) is 90.0 Å². The number of anilines is 2. The van der Waals surface area contributed by atoms with Gasteiger partial charge in [-0.1, -0.05) is 11.6 Å². The number of rotatable bonds is 10. The zero-order valence-corrected chi connectivity index (χ0v) is 21.9. The van der Waals surface area contributed by atoms with Crippen LogP contribution in [0.15, 0.2) is 30.5 Å². The molecular weight excluding hydrogens is 478 g/mol. The molecule has 0 unspecified atom stereocenters. The lowest BCUT2D eigenvalue weighted by atomic mass is 10.1. The lowest BCUT2D eigenvalue weighted by Crippen LogP contribution is -2.47. The Hall–Kier alpha value is -2.43. The van der Waals surface area contributed by atoms with Gasteiger partial charge in [0.05, 0.1) is 36.7 Å². The predicted molar refractivity (Wildman–Crippen MR) is 145 cm³/mol. The molecule has 2 N–H and O–H groups in total. The van der Waals surface area contributed by atoms with Crippen LogP contribution >= 0.6 is 11.6 Å². The van der Waals surface area contributed by atoms with Gasteiger partial charge in [0.15, 0.2) is 5.65 Å². The SMILES string of the molecule is COCCOCCN1CCN(c2ccc(-c3nc4c(N[C@H]5CCN(C)C5)c(Cl)cnc4[nH]3)cc2)CC1. The van der Waals surface area contributed by atoms with E-state index in [1.807, 2.05) is 0 Å². The number of aromatic amines is 1. The van der Waals surface area contributed by atoms with Gasteiger partial charge in [0.2, 0.25) is 0 Å². The summed E-state index contributed by atoms with van der Waals surface area (Å²) in [5.41, 5.74) is 4.67. The molecule has 0 radical (unpaired) electrons. The first kappa shape index (κ1) is 25.2. The highest BCUT2D eigenvalue weighted by atomic mass is 35.5. The van der Waals surface area contributed by atoms with Gasteiger partial charge < -0.3 is 29.6 Å². The number of ether oxygens (including phenoxy) is 2. The largest absolute Gasteiger partial charge is 0.382 e. The number of pyridine rings is 1. The second-order valence-electron chi connectivity index (χ2n) is 9.64. The van der Waals surface area contributed by atoms with Crippen molar-refractivity contribution in [3.05, 3.63) is 35.5 Å². The standard InChI is InChI=1S/C26H36ClN7O2/c1-32-8-7-20(18-32)29-23-22(27)17-28-26-24(23)30-25(31-26)19-3-5-21(6-4-19)34-11-9-33(10-12-34)13-14-36-16-15-35-2/h3-6,17,20H,7-16,18H2,1-2H3,(H2,28,29,30,31)/t20-/m0/s1. The van der Waals surface area contributed by atoms with Gasteiger partial charge in [-0.2, -0.15) is 0 Å². The maximum Gasteiger partial charge on any atom is 0.159 e. The monoisotopic (exact) mass is 513 g/mol. The summed E-state index contributed by atoms with van der Waals surface area (Å²) < 4.78 is 10.6. The Morgan fingerprint density at radius 3 is 2.61 bits per heavy atom. The number of aromatic nitrogens is 3. The Kier molecular flexibility index (Phi) is 8.23. The first-order valence-corrected chi connectivity index (χ1v) is 13.1. The fraction of sp³-hybridized carbons (Fsp3) is 0.538. The number of piperazine rings is 1. The van der Waals surface area contributed by atoms with E-state index in [0.29, 0.717) is 24.3 Å².